The van der Waals surface area contributed by atoms with E-state index in [1.165, 1.54) is 6.26 Å². The zero-order valence-electron chi connectivity index (χ0n) is 15.6. The van der Waals surface area contributed by atoms with Gasteiger partial charge in [-0.25, -0.2) is 9.97 Å². The third-order valence-corrected chi connectivity index (χ3v) is 4.67. The predicted octanol–water partition coefficient (Wildman–Crippen LogP) is 4.95. The van der Waals surface area contributed by atoms with Crippen molar-refractivity contribution >= 4 is 28.4 Å². The quantitative estimate of drug-likeness (QED) is 0.489. The van der Waals surface area contributed by atoms with Crippen LogP contribution in [0.15, 0.2) is 71.3 Å². The summed E-state index contributed by atoms with van der Waals surface area (Å²) in [5, 5.41) is 4.56. The summed E-state index contributed by atoms with van der Waals surface area (Å²) in [6.07, 6.45) is 1.32. The second kappa shape index (κ2) is 8.32. The van der Waals surface area contributed by atoms with Crippen molar-refractivity contribution in [2.45, 2.75) is 19.6 Å². The lowest BCUT2D eigenvalue weighted by atomic mass is 10.1. The maximum atomic E-state index is 12.4. The number of amides is 1. The molecule has 2 heterocycles. The van der Waals surface area contributed by atoms with Gasteiger partial charge in [0, 0.05) is 16.5 Å². The van der Waals surface area contributed by atoms with Crippen LogP contribution in [-0.4, -0.2) is 15.9 Å². The molecule has 1 atom stereocenters. The second-order valence-corrected chi connectivity index (χ2v) is 6.94. The Kier molecular flexibility index (Phi) is 5.44. The van der Waals surface area contributed by atoms with E-state index in [1.807, 2.05) is 49.4 Å². The first-order chi connectivity index (χ1) is 14.1. The van der Waals surface area contributed by atoms with Crippen molar-refractivity contribution in [1.82, 2.24) is 15.3 Å². The number of para-hydroxylation sites is 1. The van der Waals surface area contributed by atoms with Gasteiger partial charge in [-0.15, -0.1) is 0 Å². The molecule has 0 aliphatic heterocycles. The van der Waals surface area contributed by atoms with Crippen molar-refractivity contribution in [2.24, 2.45) is 0 Å². The van der Waals surface area contributed by atoms with Gasteiger partial charge in [0.05, 0.1) is 11.6 Å². The van der Waals surface area contributed by atoms with Crippen LogP contribution >= 0.6 is 11.6 Å². The Morgan fingerprint density at radius 1 is 1.10 bits per heavy atom. The summed E-state index contributed by atoms with van der Waals surface area (Å²) >= 11 is 5.90. The Balaban J connectivity index is 1.37. The molecular weight excluding hydrogens is 390 g/mol. The number of hydrogen-bond donors (Lipinski definition) is 1. The lowest BCUT2D eigenvalue weighted by Crippen LogP contribution is -2.26. The van der Waals surface area contributed by atoms with Crippen molar-refractivity contribution < 1.29 is 13.9 Å². The highest BCUT2D eigenvalue weighted by atomic mass is 35.5. The molecular formula is C22H18ClN3O3. The Morgan fingerprint density at radius 2 is 1.90 bits per heavy atom. The van der Waals surface area contributed by atoms with Gasteiger partial charge in [0.1, 0.15) is 6.26 Å². The number of halogens is 1. The fourth-order valence-electron chi connectivity index (χ4n) is 2.85. The summed E-state index contributed by atoms with van der Waals surface area (Å²) in [5.74, 6) is 0.430. The largest absolute Gasteiger partial charge is 0.468 e. The minimum Gasteiger partial charge on any atom is -0.468 e. The number of oxazole rings is 1. The van der Waals surface area contributed by atoms with E-state index in [1.54, 1.807) is 18.2 Å². The summed E-state index contributed by atoms with van der Waals surface area (Å²) in [6.45, 7) is 1.96. The highest BCUT2D eigenvalue weighted by Crippen LogP contribution is 2.18. The van der Waals surface area contributed by atoms with Crippen LogP contribution < -0.4 is 10.1 Å². The smallest absolute Gasteiger partial charge is 0.273 e. The van der Waals surface area contributed by atoms with E-state index in [9.17, 15) is 4.79 Å². The molecule has 7 heteroatoms. The van der Waals surface area contributed by atoms with Gasteiger partial charge >= 0.3 is 0 Å². The molecule has 0 bridgehead atoms. The van der Waals surface area contributed by atoms with Gasteiger partial charge in [0.25, 0.3) is 5.91 Å². The first-order valence-corrected chi connectivity index (χ1v) is 9.45. The van der Waals surface area contributed by atoms with Crippen LogP contribution in [0.25, 0.3) is 10.9 Å². The van der Waals surface area contributed by atoms with E-state index in [2.05, 4.69) is 15.3 Å². The van der Waals surface area contributed by atoms with E-state index in [0.717, 1.165) is 16.5 Å². The van der Waals surface area contributed by atoms with E-state index in [0.29, 0.717) is 16.8 Å². The first-order valence-electron chi connectivity index (χ1n) is 9.08. The lowest BCUT2D eigenvalue weighted by molar-refractivity contribution is 0.0934. The summed E-state index contributed by atoms with van der Waals surface area (Å²) in [7, 11) is 0. The molecule has 6 nitrogen and oxygen atoms in total. The Hall–Kier alpha value is -3.38. The molecule has 29 heavy (non-hydrogen) atoms. The fraction of sp³-hybridized carbons (Fsp3) is 0.136. The number of benzene rings is 2. The molecule has 0 spiro atoms. The van der Waals surface area contributed by atoms with Gasteiger partial charge in [-0.2, -0.15) is 0 Å². The normalized spacial score (nSPS) is 11.9. The molecule has 0 radical (unpaired) electrons. The SMILES string of the molecule is C[C@@H](NC(=O)c1coc(COc2ccc3ccccc3n2)n1)c1ccc(Cl)cc1. The van der Waals surface area contributed by atoms with Crippen LogP contribution in [0.1, 0.15) is 34.9 Å². The average molecular weight is 408 g/mol. The number of fused-ring (bicyclic) bond motifs is 1. The number of rotatable bonds is 6. The number of carbonyl (C=O) groups excluding carboxylic acids is 1. The lowest BCUT2D eigenvalue weighted by Gasteiger charge is -2.13. The van der Waals surface area contributed by atoms with Crippen molar-refractivity contribution in [3.05, 3.63) is 89.1 Å². The molecule has 0 aliphatic carbocycles. The first kappa shape index (κ1) is 19.0. The van der Waals surface area contributed by atoms with Crippen LogP contribution in [0.2, 0.25) is 5.02 Å². The number of nitrogens with one attached hydrogen (secondary N) is 1. The van der Waals surface area contributed by atoms with Gasteiger partial charge in [-0.05, 0) is 36.8 Å². The molecule has 4 aromatic rings. The van der Waals surface area contributed by atoms with E-state index in [4.69, 9.17) is 20.8 Å². The van der Waals surface area contributed by atoms with Crippen molar-refractivity contribution in [1.29, 1.82) is 0 Å². The molecule has 0 aliphatic rings. The zero-order chi connectivity index (χ0) is 20.2. The maximum absolute atomic E-state index is 12.4. The van der Waals surface area contributed by atoms with Gasteiger partial charge in [0.15, 0.2) is 12.3 Å². The maximum Gasteiger partial charge on any atom is 0.273 e. The molecule has 0 saturated heterocycles. The summed E-state index contributed by atoms with van der Waals surface area (Å²) < 4.78 is 11.0. The van der Waals surface area contributed by atoms with Gasteiger partial charge < -0.3 is 14.5 Å². The second-order valence-electron chi connectivity index (χ2n) is 6.50. The highest BCUT2D eigenvalue weighted by molar-refractivity contribution is 6.30. The number of aromatic nitrogens is 2. The van der Waals surface area contributed by atoms with Crippen LogP contribution in [0.4, 0.5) is 0 Å². The summed E-state index contributed by atoms with van der Waals surface area (Å²) in [5.41, 5.74) is 1.97. The number of pyridine rings is 1. The molecule has 146 valence electrons. The van der Waals surface area contributed by atoms with Crippen molar-refractivity contribution in [3.63, 3.8) is 0 Å². The monoisotopic (exact) mass is 407 g/mol. The van der Waals surface area contributed by atoms with Crippen molar-refractivity contribution in [2.75, 3.05) is 0 Å². The van der Waals surface area contributed by atoms with Gasteiger partial charge in [0.2, 0.25) is 11.8 Å². The molecule has 2 aromatic carbocycles. The summed E-state index contributed by atoms with van der Waals surface area (Å²) in [6, 6.07) is 18.6. The minimum absolute atomic E-state index is 0.0748. The Bertz CT molecular complexity index is 1140. The number of hydrogen-bond acceptors (Lipinski definition) is 5. The minimum atomic E-state index is -0.328. The zero-order valence-corrected chi connectivity index (χ0v) is 16.4. The molecule has 1 amide bonds. The topological polar surface area (TPSA) is 77.2 Å². The van der Waals surface area contributed by atoms with Crippen molar-refractivity contribution in [3.8, 4) is 5.88 Å². The third kappa shape index (κ3) is 4.55. The molecule has 4 rings (SSSR count). The molecule has 0 fully saturated rings. The highest BCUT2D eigenvalue weighted by Gasteiger charge is 2.16. The van der Waals surface area contributed by atoms with Gasteiger partial charge in [-0.1, -0.05) is 41.9 Å². The fourth-order valence-corrected chi connectivity index (χ4v) is 2.98. The Labute approximate surface area is 172 Å². The average Bonchev–Trinajstić information content (AvgIpc) is 3.22. The van der Waals surface area contributed by atoms with E-state index in [-0.39, 0.29) is 24.2 Å². The van der Waals surface area contributed by atoms with Crippen LogP contribution in [0.5, 0.6) is 5.88 Å². The molecule has 0 saturated carbocycles. The predicted molar refractivity (Wildman–Crippen MR) is 110 cm³/mol. The number of nitrogens with zero attached hydrogens (tertiary/aromatic N) is 2. The molecule has 0 unspecified atom stereocenters. The standard InChI is InChI=1S/C22H18ClN3O3/c1-14(15-6-9-17(23)10-7-15)24-22(27)19-12-28-21(26-19)13-29-20-11-8-16-4-2-3-5-18(16)25-20/h2-12,14H,13H2,1H3,(H,24,27)/t14-/m1/s1. The van der Waals surface area contributed by atoms with E-state index < -0.39 is 0 Å². The Morgan fingerprint density at radius 3 is 2.72 bits per heavy atom. The molecule has 1 N–H and O–H groups in total. The summed E-state index contributed by atoms with van der Waals surface area (Å²) in [4.78, 5) is 21.0. The van der Waals surface area contributed by atoms with Gasteiger partial charge in [-0.3, -0.25) is 4.79 Å². The number of carbonyl (C=O) groups is 1. The van der Waals surface area contributed by atoms with E-state index >= 15 is 0 Å². The van der Waals surface area contributed by atoms with Crippen LogP contribution in [0, 0.1) is 0 Å². The number of ether oxygens (including phenoxy) is 1. The van der Waals surface area contributed by atoms with Crippen LogP contribution in [0.3, 0.4) is 0 Å². The molecule has 2 aromatic heterocycles. The van der Waals surface area contributed by atoms with Crippen LogP contribution in [-0.2, 0) is 6.61 Å². The third-order valence-electron chi connectivity index (χ3n) is 4.42.